The zero-order valence-electron chi connectivity index (χ0n) is 18.3. The lowest BCUT2D eigenvalue weighted by Gasteiger charge is -2.18. The average molecular weight is 451 g/mol. The van der Waals surface area contributed by atoms with Gasteiger partial charge in [-0.25, -0.2) is 8.42 Å². The fourth-order valence-electron chi connectivity index (χ4n) is 3.31. The van der Waals surface area contributed by atoms with Crippen LogP contribution in [-0.2, 0) is 20.4 Å². The van der Waals surface area contributed by atoms with Crippen molar-refractivity contribution in [2.24, 2.45) is 0 Å². The maximum atomic E-state index is 12.8. The number of anilines is 1. The number of amides is 2. The molecule has 0 spiro atoms. The number of hydrogen-bond acceptors (Lipinski definition) is 4. The van der Waals surface area contributed by atoms with Gasteiger partial charge in [0.1, 0.15) is 0 Å². The van der Waals surface area contributed by atoms with Crippen LogP contribution in [-0.4, -0.2) is 38.7 Å². The number of hydrogen-bond donors (Lipinski definition) is 1. The van der Waals surface area contributed by atoms with E-state index in [9.17, 15) is 18.0 Å². The van der Waals surface area contributed by atoms with Gasteiger partial charge in [0.2, 0.25) is 5.91 Å². The maximum absolute atomic E-state index is 12.8. The number of carbonyl (C=O) groups excluding carboxylic acids is 2. The lowest BCUT2D eigenvalue weighted by atomic mass is 10.1. The fraction of sp³-hybridized carbons (Fsp3) is 0.200. The Bertz CT molecular complexity index is 1240. The Kier molecular flexibility index (Phi) is 7.10. The molecule has 0 fully saturated rings. The normalized spacial score (nSPS) is 11.1. The molecule has 2 amide bonds. The number of rotatable bonds is 7. The highest BCUT2D eigenvalue weighted by Gasteiger charge is 2.19. The summed E-state index contributed by atoms with van der Waals surface area (Å²) in [5.41, 5.74) is 3.58. The molecular weight excluding hydrogens is 424 g/mol. The summed E-state index contributed by atoms with van der Waals surface area (Å²) >= 11 is 0. The van der Waals surface area contributed by atoms with E-state index < -0.39 is 9.84 Å². The molecule has 0 radical (unpaired) electrons. The Labute approximate surface area is 188 Å². The highest BCUT2D eigenvalue weighted by molar-refractivity contribution is 7.90. The van der Waals surface area contributed by atoms with Crippen LogP contribution in [0.5, 0.6) is 0 Å². The van der Waals surface area contributed by atoms with Gasteiger partial charge in [0.25, 0.3) is 5.91 Å². The number of benzene rings is 3. The van der Waals surface area contributed by atoms with E-state index in [2.05, 4.69) is 5.32 Å². The third-order valence-electron chi connectivity index (χ3n) is 5.24. The molecule has 0 aromatic heterocycles. The Morgan fingerprint density at radius 2 is 1.59 bits per heavy atom. The van der Waals surface area contributed by atoms with E-state index in [1.807, 2.05) is 32.0 Å². The minimum absolute atomic E-state index is 0.126. The van der Waals surface area contributed by atoms with Gasteiger partial charge in [0.15, 0.2) is 9.84 Å². The lowest BCUT2D eigenvalue weighted by Crippen LogP contribution is -2.35. The van der Waals surface area contributed by atoms with Crippen LogP contribution >= 0.6 is 0 Å². The molecule has 0 aliphatic heterocycles. The third-order valence-corrected chi connectivity index (χ3v) is 6.94. The molecule has 0 bridgehead atoms. The van der Waals surface area contributed by atoms with Crippen LogP contribution in [0.1, 0.15) is 27.0 Å². The second kappa shape index (κ2) is 9.78. The molecule has 3 rings (SSSR count). The van der Waals surface area contributed by atoms with Crippen molar-refractivity contribution >= 4 is 27.3 Å². The van der Waals surface area contributed by atoms with E-state index >= 15 is 0 Å². The van der Waals surface area contributed by atoms with Gasteiger partial charge in [-0.3, -0.25) is 9.59 Å². The van der Waals surface area contributed by atoms with Crippen molar-refractivity contribution in [2.75, 3.05) is 18.9 Å². The molecule has 0 unspecified atom stereocenters. The van der Waals surface area contributed by atoms with Crippen molar-refractivity contribution in [3.63, 3.8) is 0 Å². The number of sulfone groups is 1. The standard InChI is InChI=1S/C25H26N2O4S/c1-18-9-7-14-23(19(18)2)26-24(28)16-27(3)25(29)21-11-8-10-20(15-21)17-32(30,31)22-12-5-4-6-13-22/h4-15H,16-17H2,1-3H3,(H,26,28). The second-order valence-electron chi connectivity index (χ2n) is 7.73. The number of carbonyl (C=O) groups is 2. The van der Waals surface area contributed by atoms with Gasteiger partial charge < -0.3 is 10.2 Å². The molecule has 0 saturated heterocycles. The average Bonchev–Trinajstić information content (AvgIpc) is 2.77. The topological polar surface area (TPSA) is 83.6 Å². The van der Waals surface area contributed by atoms with E-state index in [4.69, 9.17) is 0 Å². The molecule has 0 saturated carbocycles. The highest BCUT2D eigenvalue weighted by atomic mass is 32.2. The first kappa shape index (κ1) is 23.2. The first-order chi connectivity index (χ1) is 15.2. The number of aryl methyl sites for hydroxylation is 1. The number of likely N-dealkylation sites (N-methyl/N-ethyl adjacent to an activating group) is 1. The number of nitrogens with zero attached hydrogens (tertiary/aromatic N) is 1. The summed E-state index contributed by atoms with van der Waals surface area (Å²) in [5.74, 6) is -0.882. The van der Waals surface area contributed by atoms with Crippen molar-refractivity contribution in [2.45, 2.75) is 24.5 Å². The van der Waals surface area contributed by atoms with Gasteiger partial charge in [0.05, 0.1) is 17.2 Å². The van der Waals surface area contributed by atoms with Crippen LogP contribution in [0, 0.1) is 13.8 Å². The zero-order valence-corrected chi connectivity index (χ0v) is 19.1. The maximum Gasteiger partial charge on any atom is 0.254 e. The molecular formula is C25H26N2O4S. The molecule has 0 aliphatic carbocycles. The SMILES string of the molecule is Cc1cccc(NC(=O)CN(C)C(=O)c2cccc(CS(=O)(=O)c3ccccc3)c2)c1C. The largest absolute Gasteiger partial charge is 0.332 e. The van der Waals surface area contributed by atoms with Gasteiger partial charge in [-0.05, 0) is 60.9 Å². The van der Waals surface area contributed by atoms with E-state index in [1.54, 1.807) is 61.6 Å². The lowest BCUT2D eigenvalue weighted by molar-refractivity contribution is -0.116. The predicted molar refractivity (Wildman–Crippen MR) is 125 cm³/mol. The van der Waals surface area contributed by atoms with Crippen molar-refractivity contribution < 1.29 is 18.0 Å². The quantitative estimate of drug-likeness (QED) is 0.590. The Morgan fingerprint density at radius 3 is 2.31 bits per heavy atom. The minimum Gasteiger partial charge on any atom is -0.332 e. The molecule has 0 heterocycles. The molecule has 6 nitrogen and oxygen atoms in total. The van der Waals surface area contributed by atoms with E-state index in [1.165, 1.54) is 4.90 Å². The summed E-state index contributed by atoms with van der Waals surface area (Å²) < 4.78 is 25.3. The predicted octanol–water partition coefficient (Wildman–Crippen LogP) is 3.99. The van der Waals surface area contributed by atoms with E-state index in [0.29, 0.717) is 16.8 Å². The van der Waals surface area contributed by atoms with Crippen LogP contribution < -0.4 is 5.32 Å². The molecule has 3 aromatic rings. The second-order valence-corrected chi connectivity index (χ2v) is 9.72. The molecule has 0 aliphatic rings. The molecule has 3 aromatic carbocycles. The van der Waals surface area contributed by atoms with E-state index in [0.717, 1.165) is 11.1 Å². The first-order valence-corrected chi connectivity index (χ1v) is 11.8. The van der Waals surface area contributed by atoms with Crippen molar-refractivity contribution in [3.8, 4) is 0 Å². The van der Waals surface area contributed by atoms with E-state index in [-0.39, 0.29) is 29.0 Å². The zero-order chi connectivity index (χ0) is 23.3. The number of nitrogens with one attached hydrogen (secondary N) is 1. The van der Waals surface area contributed by atoms with Gasteiger partial charge in [0, 0.05) is 18.3 Å². The van der Waals surface area contributed by atoms with Crippen LogP contribution in [0.2, 0.25) is 0 Å². The van der Waals surface area contributed by atoms with Gasteiger partial charge in [-0.1, -0.05) is 42.5 Å². The van der Waals surface area contributed by atoms with Crippen molar-refractivity contribution in [1.29, 1.82) is 0 Å². The first-order valence-electron chi connectivity index (χ1n) is 10.2. The molecule has 7 heteroatoms. The molecule has 0 atom stereocenters. The Balaban J connectivity index is 1.68. The summed E-state index contributed by atoms with van der Waals surface area (Å²) in [4.78, 5) is 26.8. The molecule has 32 heavy (non-hydrogen) atoms. The van der Waals surface area contributed by atoms with Gasteiger partial charge in [-0.15, -0.1) is 0 Å². The van der Waals surface area contributed by atoms with Crippen LogP contribution in [0.15, 0.2) is 77.7 Å². The van der Waals surface area contributed by atoms with Crippen molar-refractivity contribution in [1.82, 2.24) is 4.90 Å². The monoisotopic (exact) mass is 450 g/mol. The van der Waals surface area contributed by atoms with Crippen LogP contribution in [0.4, 0.5) is 5.69 Å². The van der Waals surface area contributed by atoms with Crippen molar-refractivity contribution in [3.05, 3.63) is 95.1 Å². The van der Waals surface area contributed by atoms with Crippen LogP contribution in [0.3, 0.4) is 0 Å². The summed E-state index contributed by atoms with van der Waals surface area (Å²) in [6, 6.07) is 20.3. The summed E-state index contributed by atoms with van der Waals surface area (Å²) in [6.45, 7) is 3.76. The highest BCUT2D eigenvalue weighted by Crippen LogP contribution is 2.19. The minimum atomic E-state index is -3.53. The Morgan fingerprint density at radius 1 is 0.906 bits per heavy atom. The van der Waals surface area contributed by atoms with Gasteiger partial charge in [-0.2, -0.15) is 0 Å². The van der Waals surface area contributed by atoms with Crippen LogP contribution in [0.25, 0.3) is 0 Å². The summed E-state index contributed by atoms with van der Waals surface area (Å²) in [7, 11) is -1.99. The summed E-state index contributed by atoms with van der Waals surface area (Å²) in [5, 5.41) is 2.84. The molecule has 1 N–H and O–H groups in total. The summed E-state index contributed by atoms with van der Waals surface area (Å²) in [6.07, 6.45) is 0. The smallest absolute Gasteiger partial charge is 0.254 e. The Hall–Kier alpha value is -3.45. The van der Waals surface area contributed by atoms with Gasteiger partial charge >= 0.3 is 0 Å². The fourth-order valence-corrected chi connectivity index (χ4v) is 4.67. The third kappa shape index (κ3) is 5.62. The molecule has 166 valence electrons.